The Kier molecular flexibility index (Phi) is 5.61. The first kappa shape index (κ1) is 18.3. The van der Waals surface area contributed by atoms with Crippen LogP contribution >= 0.6 is 31.9 Å². The molecule has 0 aliphatic carbocycles. The highest BCUT2D eigenvalue weighted by Gasteiger charge is 2.35. The summed E-state index contributed by atoms with van der Waals surface area (Å²) in [5, 5.41) is 2.54. The van der Waals surface area contributed by atoms with E-state index in [1.807, 2.05) is 0 Å². The molecule has 20 heavy (non-hydrogen) atoms. The van der Waals surface area contributed by atoms with E-state index in [1.165, 1.54) is 10.4 Å². The lowest BCUT2D eigenvalue weighted by atomic mass is 10.3. The minimum Gasteiger partial charge on any atom is -0.493 e. The van der Waals surface area contributed by atoms with Gasteiger partial charge in [-0.05, 0) is 42.2 Å². The summed E-state index contributed by atoms with van der Waals surface area (Å²) in [6, 6.07) is 0. The maximum Gasteiger partial charge on any atom is 0.161 e. The number of rotatable bonds is 4. The van der Waals surface area contributed by atoms with Crippen molar-refractivity contribution >= 4 is 58.4 Å². The van der Waals surface area contributed by atoms with Gasteiger partial charge in [0, 0.05) is 8.95 Å². The van der Waals surface area contributed by atoms with Crippen LogP contribution in [0.3, 0.4) is 0 Å². The van der Waals surface area contributed by atoms with Crippen molar-refractivity contribution in [2.75, 3.05) is 14.2 Å². The van der Waals surface area contributed by atoms with E-state index in [-0.39, 0.29) is 0 Å². The molecule has 1 aromatic rings. The largest absolute Gasteiger partial charge is 0.493 e. The molecule has 6 heteroatoms. The Balaban J connectivity index is 3.92. The van der Waals surface area contributed by atoms with Crippen LogP contribution in [-0.4, -0.2) is 30.4 Å². The second-order valence-corrected chi connectivity index (χ2v) is 18.5. The van der Waals surface area contributed by atoms with Crippen LogP contribution < -0.4 is 19.8 Å². The molecular formula is C14H24Br2O2Si2. The third-order valence-electron chi connectivity index (χ3n) is 3.20. The van der Waals surface area contributed by atoms with Crippen LogP contribution in [0.25, 0.3) is 0 Å². The molecule has 0 aliphatic heterocycles. The van der Waals surface area contributed by atoms with E-state index in [4.69, 9.17) is 9.47 Å². The van der Waals surface area contributed by atoms with Gasteiger partial charge < -0.3 is 9.47 Å². The van der Waals surface area contributed by atoms with Gasteiger partial charge >= 0.3 is 0 Å². The molecule has 0 aliphatic rings. The van der Waals surface area contributed by atoms with E-state index >= 15 is 0 Å². The van der Waals surface area contributed by atoms with Gasteiger partial charge in [-0.2, -0.15) is 0 Å². The highest BCUT2D eigenvalue weighted by atomic mass is 79.9. The van der Waals surface area contributed by atoms with Gasteiger partial charge in [0.15, 0.2) is 11.5 Å². The fourth-order valence-electron chi connectivity index (χ4n) is 2.38. The van der Waals surface area contributed by atoms with E-state index in [9.17, 15) is 0 Å². The molecule has 1 rings (SSSR count). The third kappa shape index (κ3) is 3.34. The van der Waals surface area contributed by atoms with Crippen LogP contribution in [0.2, 0.25) is 39.3 Å². The Morgan fingerprint density at radius 1 is 0.650 bits per heavy atom. The SMILES string of the molecule is COc1c(OC)c([Si](C)(C)C)c(Br)c(Br)c1[Si](C)(C)C. The number of ether oxygens (including phenoxy) is 2. The predicted octanol–water partition coefficient (Wildman–Crippen LogP) is 4.32. The molecule has 0 saturated heterocycles. The van der Waals surface area contributed by atoms with Crippen LogP contribution in [0, 0.1) is 0 Å². The Morgan fingerprint density at radius 2 is 0.900 bits per heavy atom. The first-order chi connectivity index (χ1) is 8.96. The van der Waals surface area contributed by atoms with Gasteiger partial charge in [-0.25, -0.2) is 0 Å². The van der Waals surface area contributed by atoms with Crippen LogP contribution in [-0.2, 0) is 0 Å². The average Bonchev–Trinajstić information content (AvgIpc) is 2.27. The summed E-state index contributed by atoms with van der Waals surface area (Å²) in [7, 11) is 0.322. The van der Waals surface area contributed by atoms with Gasteiger partial charge in [0.2, 0.25) is 0 Å². The summed E-state index contributed by atoms with van der Waals surface area (Å²) >= 11 is 7.58. The maximum absolute atomic E-state index is 5.75. The normalized spacial score (nSPS) is 12.5. The third-order valence-corrected chi connectivity index (χ3v) is 10.0. The number of hydrogen-bond donors (Lipinski definition) is 0. The quantitative estimate of drug-likeness (QED) is 0.650. The average molecular weight is 440 g/mol. The second kappa shape index (κ2) is 6.14. The minimum atomic E-state index is -1.57. The minimum absolute atomic E-state index is 0.902. The molecule has 0 atom stereocenters. The number of methoxy groups -OCH3 is 2. The molecule has 0 unspecified atom stereocenters. The van der Waals surface area contributed by atoms with Gasteiger partial charge in [0.05, 0.1) is 30.4 Å². The maximum atomic E-state index is 5.75. The summed E-state index contributed by atoms with van der Waals surface area (Å²) in [6.45, 7) is 13.9. The molecule has 0 heterocycles. The number of halogens is 2. The summed E-state index contributed by atoms with van der Waals surface area (Å²) in [5.74, 6) is 1.80. The first-order valence-corrected chi connectivity index (χ1v) is 15.2. The first-order valence-electron chi connectivity index (χ1n) is 6.60. The molecule has 2 nitrogen and oxygen atoms in total. The van der Waals surface area contributed by atoms with Crippen LogP contribution in [0.5, 0.6) is 11.5 Å². The fraction of sp³-hybridized carbons (Fsp3) is 0.571. The van der Waals surface area contributed by atoms with Crippen LogP contribution in [0.4, 0.5) is 0 Å². The standard InChI is InChI=1S/C14H24Br2O2Si2/c1-17-11-12(18-2)14(20(6,7)8)10(16)9(15)13(11)19(3,4)5/h1-8H3. The highest BCUT2D eigenvalue weighted by Crippen LogP contribution is 2.37. The lowest BCUT2D eigenvalue weighted by Crippen LogP contribution is -2.46. The molecule has 0 aromatic heterocycles. The van der Waals surface area contributed by atoms with E-state index in [2.05, 4.69) is 71.1 Å². The second-order valence-electron chi connectivity index (χ2n) is 6.94. The van der Waals surface area contributed by atoms with E-state index in [1.54, 1.807) is 14.2 Å². The van der Waals surface area contributed by atoms with Crippen molar-refractivity contribution in [2.45, 2.75) is 39.3 Å². The van der Waals surface area contributed by atoms with Gasteiger partial charge in [0.1, 0.15) is 0 Å². The predicted molar refractivity (Wildman–Crippen MR) is 101 cm³/mol. The van der Waals surface area contributed by atoms with Crippen molar-refractivity contribution in [2.24, 2.45) is 0 Å². The van der Waals surface area contributed by atoms with Crippen molar-refractivity contribution in [3.05, 3.63) is 8.95 Å². The molecule has 1 aromatic carbocycles. The zero-order valence-corrected chi connectivity index (χ0v) is 18.7. The van der Waals surface area contributed by atoms with Gasteiger partial charge in [-0.3, -0.25) is 0 Å². The zero-order valence-electron chi connectivity index (χ0n) is 13.6. The van der Waals surface area contributed by atoms with E-state index in [0.717, 1.165) is 20.4 Å². The number of benzene rings is 1. The summed E-state index contributed by atoms with van der Waals surface area (Å²) in [4.78, 5) is 0. The molecule has 0 amide bonds. The summed E-state index contributed by atoms with van der Waals surface area (Å²) in [5.41, 5.74) is 0. The van der Waals surface area contributed by atoms with E-state index in [0.29, 0.717) is 0 Å². The van der Waals surface area contributed by atoms with Crippen molar-refractivity contribution < 1.29 is 9.47 Å². The lowest BCUT2D eigenvalue weighted by molar-refractivity contribution is 0.359. The molecule has 0 spiro atoms. The number of hydrogen-bond acceptors (Lipinski definition) is 2. The molecule has 0 bridgehead atoms. The molecule has 0 radical (unpaired) electrons. The summed E-state index contributed by atoms with van der Waals surface area (Å²) < 4.78 is 13.8. The Labute approximate surface area is 141 Å². The molecular weight excluding hydrogens is 416 g/mol. The molecule has 0 saturated carbocycles. The van der Waals surface area contributed by atoms with Crippen molar-refractivity contribution in [1.29, 1.82) is 0 Å². The molecule has 114 valence electrons. The Bertz CT molecular complexity index is 471. The van der Waals surface area contributed by atoms with Crippen molar-refractivity contribution in [1.82, 2.24) is 0 Å². The van der Waals surface area contributed by atoms with Crippen molar-refractivity contribution in [3.8, 4) is 11.5 Å². The zero-order chi connectivity index (χ0) is 15.9. The van der Waals surface area contributed by atoms with Crippen LogP contribution in [0.15, 0.2) is 8.95 Å². The van der Waals surface area contributed by atoms with Gasteiger partial charge in [0.25, 0.3) is 0 Å². The smallest absolute Gasteiger partial charge is 0.161 e. The lowest BCUT2D eigenvalue weighted by Gasteiger charge is -2.30. The Morgan fingerprint density at radius 3 is 1.05 bits per heavy atom. The monoisotopic (exact) mass is 438 g/mol. The topological polar surface area (TPSA) is 18.5 Å². The fourth-order valence-corrected chi connectivity index (χ4v) is 10.4. The molecule has 0 fully saturated rings. The van der Waals surface area contributed by atoms with Gasteiger partial charge in [-0.1, -0.05) is 39.3 Å². The van der Waals surface area contributed by atoms with Gasteiger partial charge in [-0.15, -0.1) is 0 Å². The molecule has 0 N–H and O–H groups in total. The van der Waals surface area contributed by atoms with E-state index < -0.39 is 16.1 Å². The summed E-state index contributed by atoms with van der Waals surface area (Å²) in [6.07, 6.45) is 0. The van der Waals surface area contributed by atoms with Crippen molar-refractivity contribution in [3.63, 3.8) is 0 Å². The highest BCUT2D eigenvalue weighted by molar-refractivity contribution is 9.13. The van der Waals surface area contributed by atoms with Crippen LogP contribution in [0.1, 0.15) is 0 Å². The Hall–Kier alpha value is 0.214.